The maximum absolute atomic E-state index is 12.0. The number of nitrogens with zero attached hydrogens (tertiary/aromatic N) is 2. The summed E-state index contributed by atoms with van der Waals surface area (Å²) in [6.07, 6.45) is 4.50. The van der Waals surface area contributed by atoms with Crippen LogP contribution in [0.15, 0.2) is 29.4 Å². The molecule has 0 atom stereocenters. The fraction of sp³-hybridized carbons (Fsp3) is 0.214. The lowest BCUT2D eigenvalue weighted by molar-refractivity contribution is 0.0949. The van der Waals surface area contributed by atoms with Gasteiger partial charge in [-0.1, -0.05) is 23.7 Å². The molecule has 0 aliphatic heterocycles. The van der Waals surface area contributed by atoms with Gasteiger partial charge in [-0.05, 0) is 37.0 Å². The van der Waals surface area contributed by atoms with Crippen molar-refractivity contribution in [1.29, 1.82) is 0 Å². The Morgan fingerprint density at radius 1 is 1.35 bits per heavy atom. The van der Waals surface area contributed by atoms with Crippen LogP contribution in [0, 0.1) is 0 Å². The van der Waals surface area contributed by atoms with Gasteiger partial charge in [0.05, 0.1) is 6.21 Å². The number of fused-ring (bicyclic) bond motifs is 1. The second-order valence-electron chi connectivity index (χ2n) is 4.63. The number of benzene rings is 1. The largest absolute Gasteiger partial charge is 0.292 e. The van der Waals surface area contributed by atoms with Gasteiger partial charge in [0, 0.05) is 16.3 Å². The molecule has 2 N–H and O–H groups in total. The molecule has 0 bridgehead atoms. The zero-order chi connectivity index (χ0) is 13.9. The van der Waals surface area contributed by atoms with Crippen LogP contribution < -0.4 is 5.43 Å². The molecule has 0 fully saturated rings. The fourth-order valence-electron chi connectivity index (χ4n) is 2.27. The minimum atomic E-state index is -0.283. The summed E-state index contributed by atoms with van der Waals surface area (Å²) in [7, 11) is 0. The van der Waals surface area contributed by atoms with E-state index < -0.39 is 0 Å². The zero-order valence-corrected chi connectivity index (χ0v) is 11.4. The first-order valence-corrected chi connectivity index (χ1v) is 6.77. The van der Waals surface area contributed by atoms with Crippen molar-refractivity contribution >= 4 is 23.7 Å². The van der Waals surface area contributed by atoms with E-state index in [4.69, 9.17) is 11.6 Å². The molecule has 1 aliphatic carbocycles. The molecule has 1 amide bonds. The van der Waals surface area contributed by atoms with Crippen LogP contribution in [0.25, 0.3) is 0 Å². The average molecular weight is 289 g/mol. The third-order valence-electron chi connectivity index (χ3n) is 3.27. The maximum atomic E-state index is 12.0. The Balaban J connectivity index is 1.66. The third kappa shape index (κ3) is 2.58. The van der Waals surface area contributed by atoms with Gasteiger partial charge in [-0.15, -0.1) is 0 Å². The topological polar surface area (TPSA) is 70.1 Å². The molecule has 20 heavy (non-hydrogen) atoms. The van der Waals surface area contributed by atoms with Crippen molar-refractivity contribution in [2.45, 2.75) is 19.3 Å². The Hall–Kier alpha value is -2.14. The van der Waals surface area contributed by atoms with Gasteiger partial charge in [-0.2, -0.15) is 10.2 Å². The molecule has 6 heteroatoms. The number of hydrazone groups is 1. The van der Waals surface area contributed by atoms with E-state index in [1.165, 1.54) is 0 Å². The predicted molar refractivity (Wildman–Crippen MR) is 77.1 cm³/mol. The third-order valence-corrected chi connectivity index (χ3v) is 3.52. The average Bonchev–Trinajstić information content (AvgIpc) is 3.03. The zero-order valence-electron chi connectivity index (χ0n) is 10.7. The highest BCUT2D eigenvalue weighted by Crippen LogP contribution is 2.22. The molecule has 102 valence electrons. The highest BCUT2D eigenvalue weighted by Gasteiger charge is 2.22. The molecule has 0 saturated carbocycles. The smallest absolute Gasteiger partial charge is 0.281 e. The van der Waals surface area contributed by atoms with Crippen molar-refractivity contribution in [3.8, 4) is 0 Å². The minimum absolute atomic E-state index is 0.283. The molecule has 5 nitrogen and oxygen atoms in total. The molecule has 1 aliphatic rings. The van der Waals surface area contributed by atoms with Gasteiger partial charge in [0.15, 0.2) is 5.69 Å². The van der Waals surface area contributed by atoms with Crippen LogP contribution in [0.1, 0.15) is 33.7 Å². The number of aromatic amines is 1. The summed E-state index contributed by atoms with van der Waals surface area (Å²) >= 11 is 5.79. The molecule has 1 aromatic heterocycles. The number of H-pyrrole nitrogens is 1. The van der Waals surface area contributed by atoms with E-state index in [0.717, 1.165) is 36.1 Å². The van der Waals surface area contributed by atoms with Crippen molar-refractivity contribution in [3.63, 3.8) is 0 Å². The van der Waals surface area contributed by atoms with Gasteiger partial charge >= 0.3 is 0 Å². The Labute approximate surface area is 121 Å². The lowest BCUT2D eigenvalue weighted by Gasteiger charge is -1.98. The second kappa shape index (κ2) is 5.46. The van der Waals surface area contributed by atoms with Crippen LogP contribution in [0.5, 0.6) is 0 Å². The highest BCUT2D eigenvalue weighted by atomic mass is 35.5. The van der Waals surface area contributed by atoms with Crippen molar-refractivity contribution < 1.29 is 4.79 Å². The van der Waals surface area contributed by atoms with E-state index >= 15 is 0 Å². The predicted octanol–water partition coefficient (Wildman–Crippen LogP) is 2.32. The lowest BCUT2D eigenvalue weighted by Crippen LogP contribution is -2.19. The highest BCUT2D eigenvalue weighted by molar-refractivity contribution is 6.30. The summed E-state index contributed by atoms with van der Waals surface area (Å²) in [4.78, 5) is 12.0. The van der Waals surface area contributed by atoms with Gasteiger partial charge < -0.3 is 0 Å². The first-order valence-electron chi connectivity index (χ1n) is 6.39. The van der Waals surface area contributed by atoms with Gasteiger partial charge in [0.25, 0.3) is 5.91 Å². The number of hydrogen-bond acceptors (Lipinski definition) is 3. The number of rotatable bonds is 3. The molecular weight excluding hydrogens is 276 g/mol. The Bertz CT molecular complexity index is 660. The van der Waals surface area contributed by atoms with Crippen LogP contribution in [0.4, 0.5) is 0 Å². The van der Waals surface area contributed by atoms with E-state index in [1.54, 1.807) is 18.3 Å². The van der Waals surface area contributed by atoms with Gasteiger partial charge in [-0.25, -0.2) is 5.43 Å². The van der Waals surface area contributed by atoms with Crippen molar-refractivity contribution in [3.05, 3.63) is 51.8 Å². The number of amides is 1. The first kappa shape index (κ1) is 12.9. The van der Waals surface area contributed by atoms with Crippen molar-refractivity contribution in [1.82, 2.24) is 15.6 Å². The summed E-state index contributed by atoms with van der Waals surface area (Å²) in [5.41, 5.74) is 5.89. The fourth-order valence-corrected chi connectivity index (χ4v) is 2.40. The molecule has 1 aromatic carbocycles. The van der Waals surface area contributed by atoms with E-state index in [2.05, 4.69) is 20.7 Å². The number of halogens is 1. The Morgan fingerprint density at radius 2 is 2.15 bits per heavy atom. The number of carbonyl (C=O) groups excluding carboxylic acids is 1. The van der Waals surface area contributed by atoms with Crippen molar-refractivity contribution in [2.75, 3.05) is 0 Å². The SMILES string of the molecule is O=C(N/N=C/c1ccc(Cl)cc1)c1n[nH]c2c1CCC2. The Morgan fingerprint density at radius 3 is 2.95 bits per heavy atom. The monoisotopic (exact) mass is 288 g/mol. The van der Waals surface area contributed by atoms with Gasteiger partial charge in [0.1, 0.15) is 0 Å². The van der Waals surface area contributed by atoms with E-state index in [0.29, 0.717) is 10.7 Å². The molecule has 3 rings (SSSR count). The molecule has 2 aromatic rings. The lowest BCUT2D eigenvalue weighted by atomic mass is 10.2. The summed E-state index contributed by atoms with van der Waals surface area (Å²) in [6, 6.07) is 7.19. The molecular formula is C14H13ClN4O. The van der Waals surface area contributed by atoms with E-state index in [-0.39, 0.29) is 5.91 Å². The second-order valence-corrected chi connectivity index (χ2v) is 5.07. The minimum Gasteiger partial charge on any atom is -0.281 e. The van der Waals surface area contributed by atoms with Gasteiger partial charge in [0.2, 0.25) is 0 Å². The maximum Gasteiger partial charge on any atom is 0.292 e. The molecule has 0 unspecified atom stereocenters. The van der Waals surface area contributed by atoms with Crippen molar-refractivity contribution in [2.24, 2.45) is 5.10 Å². The Kier molecular flexibility index (Phi) is 3.52. The standard InChI is InChI=1S/C14H13ClN4O/c15-10-6-4-9(5-7-10)8-16-19-14(20)13-11-2-1-3-12(11)17-18-13/h4-8H,1-3H2,(H,17,18)(H,19,20)/b16-8+. The van der Waals surface area contributed by atoms with Gasteiger partial charge in [-0.3, -0.25) is 9.89 Å². The molecule has 0 spiro atoms. The summed E-state index contributed by atoms with van der Waals surface area (Å²) in [5, 5.41) is 11.5. The summed E-state index contributed by atoms with van der Waals surface area (Å²) < 4.78 is 0. The van der Waals surface area contributed by atoms with Crippen LogP contribution in [0.3, 0.4) is 0 Å². The van der Waals surface area contributed by atoms with Crippen LogP contribution in [-0.4, -0.2) is 22.3 Å². The quantitative estimate of drug-likeness (QED) is 0.672. The summed E-state index contributed by atoms with van der Waals surface area (Å²) in [5.74, 6) is -0.283. The number of carbonyl (C=O) groups is 1. The molecule has 0 radical (unpaired) electrons. The number of hydrogen-bond donors (Lipinski definition) is 2. The van der Waals surface area contributed by atoms with Crippen LogP contribution >= 0.6 is 11.6 Å². The molecule has 0 saturated heterocycles. The normalized spacial score (nSPS) is 13.7. The molecule has 1 heterocycles. The number of aryl methyl sites for hydroxylation is 1. The van der Waals surface area contributed by atoms with E-state index in [1.807, 2.05) is 12.1 Å². The summed E-state index contributed by atoms with van der Waals surface area (Å²) in [6.45, 7) is 0. The van der Waals surface area contributed by atoms with E-state index in [9.17, 15) is 4.79 Å². The van der Waals surface area contributed by atoms with Crippen LogP contribution in [0.2, 0.25) is 5.02 Å². The number of aromatic nitrogens is 2. The number of nitrogens with one attached hydrogen (secondary N) is 2. The first-order chi connectivity index (χ1) is 9.74. The van der Waals surface area contributed by atoms with Crippen LogP contribution in [-0.2, 0) is 12.8 Å².